The molecule has 2 aliphatic carbocycles. The summed E-state index contributed by atoms with van der Waals surface area (Å²) in [5.41, 5.74) is 8.24. The van der Waals surface area contributed by atoms with Crippen LogP contribution in [0.4, 0.5) is 0 Å². The largest absolute Gasteiger partial charge is 0.487 e. The maximum Gasteiger partial charge on any atom is 0.306 e. The molecule has 6 rings (SSSR count). The van der Waals surface area contributed by atoms with Crippen LogP contribution in [0.25, 0.3) is 0 Å². The topological polar surface area (TPSA) is 130 Å². The van der Waals surface area contributed by atoms with Gasteiger partial charge >= 0.3 is 11.9 Å². The third-order valence-corrected chi connectivity index (χ3v) is 24.9. The number of ether oxygens (including phenoxy) is 6. The quantitative estimate of drug-likeness (QED) is 0.0375. The smallest absolute Gasteiger partial charge is 0.306 e. The Balaban J connectivity index is 0.740. The van der Waals surface area contributed by atoms with Crippen molar-refractivity contribution in [2.75, 3.05) is 13.2 Å². The lowest BCUT2D eigenvalue weighted by molar-refractivity contribution is -0.146. The fraction of sp³-hybridized carbons (Fsp3) is 0.841. The van der Waals surface area contributed by atoms with Gasteiger partial charge in [0.1, 0.15) is 34.2 Å². The number of carbonyl (C=O) groups excluding carboxylic acids is 2. The van der Waals surface area contributed by atoms with E-state index in [1.54, 1.807) is 0 Å². The van der Waals surface area contributed by atoms with Crippen LogP contribution in [0.2, 0.25) is 0 Å². The first-order valence-electron chi connectivity index (χ1n) is 41.4. The number of rotatable bonds is 47. The molecule has 4 aliphatic rings. The number of carbonyl (C=O) groups is 2. The zero-order valence-electron chi connectivity index (χ0n) is 66.2. The molecule has 10 heteroatoms. The molecular formula is C88H150O10. The van der Waals surface area contributed by atoms with E-state index in [9.17, 15) is 19.8 Å². The van der Waals surface area contributed by atoms with E-state index in [0.717, 1.165) is 155 Å². The molecule has 0 spiro atoms. The molecule has 2 N–H and O–H groups in total. The standard InChI is InChI=1S/C88H150O10/c1-61(2)27-21-29-63(5)31-23-33-65(7)35-25-55-87(15)57-51-77-71(13)83(67(9)69(11)85(77)97-87)95-81(91)49-47-79(89)93-59-53-75-43-39-73(40-44-75)37-19-17-18-20-38-74-41-45-76(46-42-74)54-60-94-80(90)48-50-82(92)96-84-68(10)70(12)86-78(72(84)14)52-58-88(16,98-86)56-26-36-66(8)34-24-32-64(6)30-22-28-62(3)4/h61-66,73-76,81-82,91-92H,17-60H2,1-16H3/t63?,64?,65?,66?,73?,74?,75?,76?,81-,82?,87?,88?/m1/s1. The van der Waals surface area contributed by atoms with Crippen LogP contribution in [0.5, 0.6) is 23.0 Å². The summed E-state index contributed by atoms with van der Waals surface area (Å²) < 4.78 is 37.6. The van der Waals surface area contributed by atoms with E-state index < -0.39 is 12.6 Å². The van der Waals surface area contributed by atoms with Crippen LogP contribution in [0.3, 0.4) is 0 Å². The molecule has 98 heavy (non-hydrogen) atoms. The van der Waals surface area contributed by atoms with Gasteiger partial charge in [-0.2, -0.15) is 0 Å². The van der Waals surface area contributed by atoms with E-state index >= 15 is 0 Å². The van der Waals surface area contributed by atoms with Crippen molar-refractivity contribution >= 4 is 11.9 Å². The van der Waals surface area contributed by atoms with E-state index in [4.69, 9.17) is 28.4 Å². The Morgan fingerprint density at radius 1 is 0.398 bits per heavy atom. The third-order valence-electron chi connectivity index (χ3n) is 24.9. The SMILES string of the molecule is Cc1c(C)c2c(c(C)c1OC(O)CCC(=O)OCCC1CCC(CCCCCCC3CCC(CCOC(=O)CC[C@H](O)Oc4c(C)c(C)c5c(c4C)CCC(C)(CCCC(C)CCCC(C)CCCC(C)C)O5)CC3)CC1)CCC(C)(CCCC(C)CCCC(C)CCCC(C)C)O2. The summed E-state index contributed by atoms with van der Waals surface area (Å²) in [6.07, 6.45) is 45.5. The third kappa shape index (κ3) is 29.0. The van der Waals surface area contributed by atoms with Crippen LogP contribution in [0, 0.1) is 101 Å². The van der Waals surface area contributed by atoms with Crippen LogP contribution in [0.15, 0.2) is 0 Å². The van der Waals surface area contributed by atoms with Crippen molar-refractivity contribution in [1.29, 1.82) is 0 Å². The average Bonchev–Trinajstić information content (AvgIpc) is 0.767. The minimum atomic E-state index is -1.09. The first-order chi connectivity index (χ1) is 46.7. The highest BCUT2D eigenvalue weighted by molar-refractivity contribution is 5.69. The molecule has 10 nitrogen and oxygen atoms in total. The Morgan fingerprint density at radius 3 is 1.03 bits per heavy atom. The fourth-order valence-electron chi connectivity index (χ4n) is 17.4. The van der Waals surface area contributed by atoms with Crippen molar-refractivity contribution in [2.45, 2.75) is 404 Å². The molecule has 0 amide bonds. The average molecular weight is 1370 g/mol. The number of aliphatic hydroxyl groups excluding tert-OH is 2. The molecule has 2 aromatic carbocycles. The van der Waals surface area contributed by atoms with E-state index in [0.29, 0.717) is 25.0 Å². The number of hydrogen-bond acceptors (Lipinski definition) is 10. The van der Waals surface area contributed by atoms with Gasteiger partial charge < -0.3 is 38.6 Å². The molecule has 562 valence electrons. The highest BCUT2D eigenvalue weighted by Crippen LogP contribution is 2.48. The summed E-state index contributed by atoms with van der Waals surface area (Å²) >= 11 is 0. The molecule has 2 aliphatic heterocycles. The second kappa shape index (κ2) is 42.9. The summed E-state index contributed by atoms with van der Waals surface area (Å²) in [5, 5.41) is 22.1. The number of esters is 2. The second-order valence-electron chi connectivity index (χ2n) is 34.8. The van der Waals surface area contributed by atoms with Crippen LogP contribution in [0.1, 0.15) is 371 Å². The molecule has 8 atom stereocenters. The molecule has 2 fully saturated rings. The molecule has 2 aromatic rings. The van der Waals surface area contributed by atoms with E-state index in [1.807, 2.05) is 0 Å². The number of aliphatic hydroxyl groups is 2. The maximum absolute atomic E-state index is 12.9. The number of unbranched alkanes of at least 4 members (excludes halogenated alkanes) is 3. The van der Waals surface area contributed by atoms with Gasteiger partial charge in [-0.3, -0.25) is 9.59 Å². The van der Waals surface area contributed by atoms with Gasteiger partial charge in [-0.15, -0.1) is 0 Å². The summed E-state index contributed by atoms with van der Waals surface area (Å²) in [6.45, 7) is 37.1. The molecule has 0 bridgehead atoms. The molecule has 0 aromatic heterocycles. The highest BCUT2D eigenvalue weighted by atomic mass is 16.6. The maximum atomic E-state index is 12.9. The predicted molar refractivity (Wildman–Crippen MR) is 407 cm³/mol. The monoisotopic (exact) mass is 1370 g/mol. The van der Waals surface area contributed by atoms with Gasteiger partial charge in [-0.25, -0.2) is 0 Å². The molecule has 0 radical (unpaired) electrons. The van der Waals surface area contributed by atoms with Crippen LogP contribution >= 0.6 is 0 Å². The van der Waals surface area contributed by atoms with Crippen LogP contribution in [-0.2, 0) is 31.9 Å². The Labute approximate surface area is 601 Å². The lowest BCUT2D eigenvalue weighted by Gasteiger charge is -2.38. The molecular weight excluding hydrogens is 1220 g/mol. The van der Waals surface area contributed by atoms with Gasteiger partial charge in [0.2, 0.25) is 0 Å². The number of benzene rings is 2. The van der Waals surface area contributed by atoms with Gasteiger partial charge in [-0.1, -0.05) is 235 Å². The summed E-state index contributed by atoms with van der Waals surface area (Å²) in [4.78, 5) is 25.7. The first-order valence-corrected chi connectivity index (χ1v) is 41.4. The van der Waals surface area contributed by atoms with E-state index in [1.165, 1.54) is 204 Å². The number of fused-ring (bicyclic) bond motifs is 2. The Kier molecular flexibility index (Phi) is 36.6. The normalized spacial score (nSPS) is 22.9. The predicted octanol–water partition coefficient (Wildman–Crippen LogP) is 24.1. The molecule has 0 saturated heterocycles. The van der Waals surface area contributed by atoms with Crippen molar-refractivity contribution < 1.29 is 48.2 Å². The van der Waals surface area contributed by atoms with Crippen LogP contribution in [-0.4, -0.2) is 59.1 Å². The minimum absolute atomic E-state index is 0.133. The van der Waals surface area contributed by atoms with Crippen molar-refractivity contribution in [3.63, 3.8) is 0 Å². The minimum Gasteiger partial charge on any atom is -0.487 e. The van der Waals surface area contributed by atoms with Crippen molar-refractivity contribution in [2.24, 2.45) is 59.2 Å². The lowest BCUT2D eigenvalue weighted by atomic mass is 9.78. The van der Waals surface area contributed by atoms with Gasteiger partial charge in [0.05, 0.1) is 26.1 Å². The van der Waals surface area contributed by atoms with Gasteiger partial charge in [0, 0.05) is 24.0 Å². The summed E-state index contributed by atoms with van der Waals surface area (Å²) in [7, 11) is 0. The first kappa shape index (κ1) is 83.4. The molecule has 2 heterocycles. The lowest BCUT2D eigenvalue weighted by Crippen LogP contribution is -2.37. The zero-order chi connectivity index (χ0) is 71.4. The van der Waals surface area contributed by atoms with E-state index in [2.05, 4.69) is 111 Å². The van der Waals surface area contributed by atoms with E-state index in [-0.39, 0.29) is 48.8 Å². The summed E-state index contributed by atoms with van der Waals surface area (Å²) in [5.74, 6) is 10.6. The molecule has 2 saturated carbocycles. The fourth-order valence-corrected chi connectivity index (χ4v) is 17.4. The van der Waals surface area contributed by atoms with Crippen molar-refractivity contribution in [3.05, 3.63) is 44.5 Å². The Hall–Kier alpha value is -3.50. The van der Waals surface area contributed by atoms with Gasteiger partial charge in [0.25, 0.3) is 0 Å². The van der Waals surface area contributed by atoms with Crippen LogP contribution < -0.4 is 18.9 Å². The van der Waals surface area contributed by atoms with Crippen molar-refractivity contribution in [1.82, 2.24) is 0 Å². The zero-order valence-corrected chi connectivity index (χ0v) is 66.2. The van der Waals surface area contributed by atoms with Crippen molar-refractivity contribution in [3.8, 4) is 23.0 Å². The van der Waals surface area contributed by atoms with Gasteiger partial charge in [0.15, 0.2) is 12.6 Å². The molecule has 7 unspecified atom stereocenters. The van der Waals surface area contributed by atoms with Gasteiger partial charge in [-0.05, 0) is 212 Å². The highest BCUT2D eigenvalue weighted by Gasteiger charge is 2.37. The Morgan fingerprint density at radius 2 is 0.704 bits per heavy atom. The Bertz CT molecular complexity index is 2450. The summed E-state index contributed by atoms with van der Waals surface area (Å²) in [6, 6.07) is 0. The second-order valence-corrected chi connectivity index (χ2v) is 34.8. The number of hydrogen-bond donors (Lipinski definition) is 2.